The van der Waals surface area contributed by atoms with Gasteiger partial charge in [0, 0.05) is 23.0 Å². The molecule has 0 saturated carbocycles. The van der Waals surface area contributed by atoms with Crippen molar-refractivity contribution in [2.45, 2.75) is 19.4 Å². The van der Waals surface area contributed by atoms with E-state index >= 15 is 0 Å². The van der Waals surface area contributed by atoms with Crippen LogP contribution in [0.3, 0.4) is 0 Å². The van der Waals surface area contributed by atoms with E-state index in [0.29, 0.717) is 10.6 Å². The first-order valence-electron chi connectivity index (χ1n) is 5.69. The standard InChI is InChI=1S/C14H13ClFNO/c1-2-9-8-17-6-5-11(9)14(18)12-4-3-10(15)7-13(12)16/h3-8,14,18H,2H2,1H3. The SMILES string of the molecule is CCc1cnccc1C(O)c1ccc(Cl)cc1F. The number of rotatable bonds is 3. The van der Waals surface area contributed by atoms with Crippen LogP contribution in [0.1, 0.15) is 29.7 Å². The summed E-state index contributed by atoms with van der Waals surface area (Å²) in [7, 11) is 0. The molecule has 2 aromatic rings. The van der Waals surface area contributed by atoms with Crippen LogP contribution in [0, 0.1) is 5.82 Å². The molecule has 0 bridgehead atoms. The van der Waals surface area contributed by atoms with Crippen LogP contribution < -0.4 is 0 Å². The van der Waals surface area contributed by atoms with Gasteiger partial charge in [0.05, 0.1) is 0 Å². The van der Waals surface area contributed by atoms with Crippen molar-refractivity contribution in [1.82, 2.24) is 4.98 Å². The Labute approximate surface area is 110 Å². The summed E-state index contributed by atoms with van der Waals surface area (Å²) in [4.78, 5) is 4.00. The second kappa shape index (κ2) is 5.46. The van der Waals surface area contributed by atoms with E-state index < -0.39 is 11.9 Å². The van der Waals surface area contributed by atoms with Gasteiger partial charge in [0.15, 0.2) is 0 Å². The van der Waals surface area contributed by atoms with Gasteiger partial charge in [0.25, 0.3) is 0 Å². The molecule has 0 aliphatic rings. The monoisotopic (exact) mass is 265 g/mol. The first-order chi connectivity index (χ1) is 8.63. The highest BCUT2D eigenvalue weighted by atomic mass is 35.5. The first-order valence-corrected chi connectivity index (χ1v) is 6.07. The largest absolute Gasteiger partial charge is 0.384 e. The van der Waals surface area contributed by atoms with E-state index in [4.69, 9.17) is 11.6 Å². The number of pyridine rings is 1. The topological polar surface area (TPSA) is 33.1 Å². The quantitative estimate of drug-likeness (QED) is 0.921. The van der Waals surface area contributed by atoms with E-state index in [1.54, 1.807) is 24.5 Å². The summed E-state index contributed by atoms with van der Waals surface area (Å²) in [5.74, 6) is -0.506. The molecule has 1 unspecified atom stereocenters. The molecule has 1 N–H and O–H groups in total. The smallest absolute Gasteiger partial charge is 0.130 e. The Morgan fingerprint density at radius 1 is 1.33 bits per heavy atom. The average Bonchev–Trinajstić information content (AvgIpc) is 2.38. The predicted molar refractivity (Wildman–Crippen MR) is 69.1 cm³/mol. The number of halogens is 2. The van der Waals surface area contributed by atoms with E-state index in [-0.39, 0.29) is 5.56 Å². The molecule has 1 aromatic heterocycles. The summed E-state index contributed by atoms with van der Waals surface area (Å²) in [5.41, 5.74) is 1.80. The number of benzene rings is 1. The summed E-state index contributed by atoms with van der Waals surface area (Å²) in [6.45, 7) is 1.96. The fraction of sp³-hybridized carbons (Fsp3) is 0.214. The zero-order chi connectivity index (χ0) is 13.1. The van der Waals surface area contributed by atoms with Gasteiger partial charge in [-0.25, -0.2) is 4.39 Å². The lowest BCUT2D eigenvalue weighted by molar-refractivity contribution is 0.214. The van der Waals surface area contributed by atoms with Gasteiger partial charge in [-0.3, -0.25) is 4.98 Å². The molecule has 0 aliphatic heterocycles. The lowest BCUT2D eigenvalue weighted by Crippen LogP contribution is -2.06. The molecule has 0 radical (unpaired) electrons. The fourth-order valence-electron chi connectivity index (χ4n) is 1.89. The Morgan fingerprint density at radius 3 is 2.78 bits per heavy atom. The molecule has 18 heavy (non-hydrogen) atoms. The lowest BCUT2D eigenvalue weighted by atomic mass is 9.97. The van der Waals surface area contributed by atoms with Gasteiger partial charge in [-0.2, -0.15) is 0 Å². The van der Waals surface area contributed by atoms with E-state index in [0.717, 1.165) is 12.0 Å². The van der Waals surface area contributed by atoms with E-state index in [1.807, 2.05) is 6.92 Å². The van der Waals surface area contributed by atoms with Gasteiger partial charge in [0.2, 0.25) is 0 Å². The third-order valence-corrected chi connectivity index (χ3v) is 3.11. The molecule has 0 fully saturated rings. The number of hydrogen-bond acceptors (Lipinski definition) is 2. The fourth-order valence-corrected chi connectivity index (χ4v) is 2.05. The maximum atomic E-state index is 13.8. The number of nitrogens with zero attached hydrogens (tertiary/aromatic N) is 1. The molecule has 4 heteroatoms. The van der Waals surface area contributed by atoms with Gasteiger partial charge in [-0.15, -0.1) is 0 Å². The van der Waals surface area contributed by atoms with Crippen molar-refractivity contribution in [3.63, 3.8) is 0 Å². The number of hydrogen-bond donors (Lipinski definition) is 1. The summed E-state index contributed by atoms with van der Waals surface area (Å²) in [5, 5.41) is 10.6. The normalized spacial score (nSPS) is 12.4. The van der Waals surface area contributed by atoms with Gasteiger partial charge in [-0.05, 0) is 35.7 Å². The minimum Gasteiger partial charge on any atom is -0.384 e. The molecule has 1 atom stereocenters. The van der Waals surface area contributed by atoms with Crippen LogP contribution in [0.4, 0.5) is 4.39 Å². The highest BCUT2D eigenvalue weighted by molar-refractivity contribution is 6.30. The lowest BCUT2D eigenvalue weighted by Gasteiger charge is -2.15. The molecule has 2 nitrogen and oxygen atoms in total. The van der Waals surface area contributed by atoms with E-state index in [9.17, 15) is 9.50 Å². The summed E-state index contributed by atoms with van der Waals surface area (Å²) in [6, 6.07) is 5.97. The second-order valence-electron chi connectivity index (χ2n) is 4.00. The van der Waals surface area contributed by atoms with Gasteiger partial charge < -0.3 is 5.11 Å². The molecular formula is C14H13ClFNO. The Balaban J connectivity index is 2.44. The highest BCUT2D eigenvalue weighted by Crippen LogP contribution is 2.28. The van der Waals surface area contributed by atoms with Crippen molar-refractivity contribution in [2.24, 2.45) is 0 Å². The van der Waals surface area contributed by atoms with E-state index in [1.165, 1.54) is 12.1 Å². The molecule has 0 aliphatic carbocycles. The summed E-state index contributed by atoms with van der Waals surface area (Å²) < 4.78 is 13.8. The Bertz CT molecular complexity index is 559. The van der Waals surface area contributed by atoms with Crippen molar-refractivity contribution < 1.29 is 9.50 Å². The second-order valence-corrected chi connectivity index (χ2v) is 4.43. The van der Waals surface area contributed by atoms with Gasteiger partial charge in [-0.1, -0.05) is 24.6 Å². The zero-order valence-electron chi connectivity index (χ0n) is 9.90. The minimum absolute atomic E-state index is 0.223. The van der Waals surface area contributed by atoms with E-state index in [2.05, 4.69) is 4.98 Å². The molecule has 2 rings (SSSR count). The van der Waals surface area contributed by atoms with Crippen LogP contribution in [0.15, 0.2) is 36.7 Å². The number of aryl methyl sites for hydroxylation is 1. The maximum absolute atomic E-state index is 13.8. The third-order valence-electron chi connectivity index (χ3n) is 2.87. The van der Waals surface area contributed by atoms with Crippen LogP contribution >= 0.6 is 11.6 Å². The molecule has 0 spiro atoms. The molecule has 1 heterocycles. The molecular weight excluding hydrogens is 253 g/mol. The van der Waals surface area contributed by atoms with Crippen LogP contribution in [0.2, 0.25) is 5.02 Å². The molecule has 0 amide bonds. The number of aromatic nitrogens is 1. The Kier molecular flexibility index (Phi) is 3.94. The number of aliphatic hydroxyl groups excluding tert-OH is 1. The molecule has 0 saturated heterocycles. The summed E-state index contributed by atoms with van der Waals surface area (Å²) in [6.07, 6.45) is 3.01. The van der Waals surface area contributed by atoms with Crippen molar-refractivity contribution >= 4 is 11.6 Å². The van der Waals surface area contributed by atoms with Crippen molar-refractivity contribution in [1.29, 1.82) is 0 Å². The maximum Gasteiger partial charge on any atom is 0.130 e. The van der Waals surface area contributed by atoms with Crippen LogP contribution in [0.25, 0.3) is 0 Å². The Hall–Kier alpha value is -1.45. The number of aliphatic hydroxyl groups is 1. The minimum atomic E-state index is -1.000. The third kappa shape index (κ3) is 2.52. The zero-order valence-corrected chi connectivity index (χ0v) is 10.7. The van der Waals surface area contributed by atoms with Gasteiger partial charge >= 0.3 is 0 Å². The van der Waals surface area contributed by atoms with Crippen molar-refractivity contribution in [3.05, 3.63) is 64.2 Å². The Morgan fingerprint density at radius 2 is 2.11 bits per heavy atom. The van der Waals surface area contributed by atoms with Crippen LogP contribution in [-0.2, 0) is 6.42 Å². The van der Waals surface area contributed by atoms with Crippen molar-refractivity contribution in [3.8, 4) is 0 Å². The summed E-state index contributed by atoms with van der Waals surface area (Å²) >= 11 is 5.69. The predicted octanol–water partition coefficient (Wildman–Crippen LogP) is 3.52. The highest BCUT2D eigenvalue weighted by Gasteiger charge is 2.17. The first kappa shape index (κ1) is 13.0. The molecule has 1 aromatic carbocycles. The van der Waals surface area contributed by atoms with Crippen molar-refractivity contribution in [2.75, 3.05) is 0 Å². The van der Waals surface area contributed by atoms with Gasteiger partial charge in [0.1, 0.15) is 11.9 Å². The van der Waals surface area contributed by atoms with Crippen LogP contribution in [-0.4, -0.2) is 10.1 Å². The average molecular weight is 266 g/mol. The molecule has 94 valence electrons. The van der Waals surface area contributed by atoms with Crippen LogP contribution in [0.5, 0.6) is 0 Å².